The largest absolute Gasteiger partial charge is 0.465 e. The third kappa shape index (κ3) is 3.54. The molecule has 1 aromatic carbocycles. The van der Waals surface area contributed by atoms with E-state index in [1.807, 2.05) is 12.1 Å². The maximum Gasteiger partial charge on any atom is 0.337 e. The number of methoxy groups -OCH3 is 1. The molecule has 2 rings (SSSR count). The minimum absolute atomic E-state index is 0.0999. The minimum Gasteiger partial charge on any atom is -0.465 e. The van der Waals surface area contributed by atoms with Gasteiger partial charge in [-0.15, -0.1) is 0 Å². The highest BCUT2D eigenvalue weighted by molar-refractivity contribution is 5.89. The molecule has 0 atom stereocenters. The van der Waals surface area contributed by atoms with E-state index < -0.39 is 0 Å². The molecule has 1 aliphatic rings. The number of ether oxygens (including phenoxy) is 1. The van der Waals surface area contributed by atoms with Gasteiger partial charge in [0.25, 0.3) is 0 Å². The molecule has 1 amide bonds. The molecule has 2 N–H and O–H groups in total. The van der Waals surface area contributed by atoms with Gasteiger partial charge < -0.3 is 15.4 Å². The second kappa shape index (κ2) is 6.33. The zero-order valence-corrected chi connectivity index (χ0v) is 10.9. The molecule has 0 bridgehead atoms. The molecule has 1 fully saturated rings. The summed E-state index contributed by atoms with van der Waals surface area (Å²) in [5.74, 6) is -0.129. The number of esters is 1. The highest BCUT2D eigenvalue weighted by atomic mass is 16.5. The van der Waals surface area contributed by atoms with Gasteiger partial charge in [-0.2, -0.15) is 0 Å². The van der Waals surface area contributed by atoms with Crippen LogP contribution < -0.4 is 10.6 Å². The van der Waals surface area contributed by atoms with Crippen molar-refractivity contribution in [1.29, 1.82) is 0 Å². The van der Waals surface area contributed by atoms with E-state index >= 15 is 0 Å². The lowest BCUT2D eigenvalue weighted by Gasteiger charge is -2.25. The van der Waals surface area contributed by atoms with E-state index in [0.717, 1.165) is 18.7 Å². The summed E-state index contributed by atoms with van der Waals surface area (Å²) in [6, 6.07) is 7.26. The lowest BCUT2D eigenvalue weighted by molar-refractivity contribution is -0.126. The first-order chi connectivity index (χ1) is 9.20. The molecule has 5 nitrogen and oxygen atoms in total. The monoisotopic (exact) mass is 262 g/mol. The van der Waals surface area contributed by atoms with Crippen LogP contribution in [0.15, 0.2) is 24.3 Å². The van der Waals surface area contributed by atoms with Crippen molar-refractivity contribution in [2.75, 3.05) is 26.7 Å². The Morgan fingerprint density at radius 2 is 2.21 bits per heavy atom. The molecule has 1 aromatic rings. The zero-order valence-electron chi connectivity index (χ0n) is 10.9. The molecule has 0 spiro atoms. The van der Waals surface area contributed by atoms with E-state index in [1.165, 1.54) is 7.11 Å². The zero-order chi connectivity index (χ0) is 13.7. The molecular weight excluding hydrogens is 244 g/mol. The van der Waals surface area contributed by atoms with Crippen molar-refractivity contribution in [2.24, 2.45) is 5.92 Å². The fourth-order valence-corrected chi connectivity index (χ4v) is 1.92. The first-order valence-corrected chi connectivity index (χ1v) is 6.36. The molecule has 0 unspecified atom stereocenters. The van der Waals surface area contributed by atoms with Gasteiger partial charge in [-0.05, 0) is 24.1 Å². The lowest BCUT2D eigenvalue weighted by atomic mass is 10.0. The summed E-state index contributed by atoms with van der Waals surface area (Å²) < 4.78 is 4.67. The predicted octanol–water partition coefficient (Wildman–Crippen LogP) is 0.351. The highest BCUT2D eigenvalue weighted by Crippen LogP contribution is 2.07. The fraction of sp³-hybridized carbons (Fsp3) is 0.429. The number of rotatable bonds is 5. The van der Waals surface area contributed by atoms with E-state index in [0.29, 0.717) is 18.5 Å². The summed E-state index contributed by atoms with van der Waals surface area (Å²) in [5, 5.41) is 5.97. The van der Waals surface area contributed by atoms with Crippen LogP contribution in [0.3, 0.4) is 0 Å². The van der Waals surface area contributed by atoms with Crippen LogP contribution in [-0.2, 0) is 16.0 Å². The van der Waals surface area contributed by atoms with Gasteiger partial charge >= 0.3 is 5.97 Å². The molecule has 1 aliphatic heterocycles. The molecular formula is C14H18N2O3. The van der Waals surface area contributed by atoms with Crippen LogP contribution in [-0.4, -0.2) is 38.6 Å². The Bertz CT molecular complexity index is 470. The van der Waals surface area contributed by atoms with Gasteiger partial charge in [-0.3, -0.25) is 4.79 Å². The van der Waals surface area contributed by atoms with Gasteiger partial charge in [-0.25, -0.2) is 4.79 Å². The molecule has 5 heteroatoms. The normalized spacial score (nSPS) is 14.6. The van der Waals surface area contributed by atoms with Crippen LogP contribution in [0.25, 0.3) is 0 Å². The quantitative estimate of drug-likeness (QED) is 0.751. The molecule has 0 saturated carbocycles. The van der Waals surface area contributed by atoms with Crippen molar-refractivity contribution in [3.63, 3.8) is 0 Å². The molecule has 0 radical (unpaired) electrons. The van der Waals surface area contributed by atoms with E-state index in [2.05, 4.69) is 15.4 Å². The summed E-state index contributed by atoms with van der Waals surface area (Å²) in [6.07, 6.45) is 0.705. The first kappa shape index (κ1) is 13.5. The Morgan fingerprint density at radius 1 is 1.42 bits per heavy atom. The van der Waals surface area contributed by atoms with Gasteiger partial charge in [0.1, 0.15) is 0 Å². The van der Waals surface area contributed by atoms with Crippen LogP contribution >= 0.6 is 0 Å². The molecule has 1 saturated heterocycles. The summed E-state index contributed by atoms with van der Waals surface area (Å²) >= 11 is 0. The van der Waals surface area contributed by atoms with Crippen LogP contribution in [0, 0.1) is 5.92 Å². The fourth-order valence-electron chi connectivity index (χ4n) is 1.92. The SMILES string of the molecule is COC(=O)c1cccc(CCNC(=O)C2CNC2)c1. The summed E-state index contributed by atoms with van der Waals surface area (Å²) in [4.78, 5) is 23.0. The number of hydrogen-bond donors (Lipinski definition) is 2. The topological polar surface area (TPSA) is 67.4 Å². The second-order valence-electron chi connectivity index (χ2n) is 4.59. The van der Waals surface area contributed by atoms with Gasteiger partial charge in [0.15, 0.2) is 0 Å². The number of amides is 1. The smallest absolute Gasteiger partial charge is 0.337 e. The van der Waals surface area contributed by atoms with Gasteiger partial charge in [-0.1, -0.05) is 12.1 Å². The van der Waals surface area contributed by atoms with Crippen molar-refractivity contribution in [1.82, 2.24) is 10.6 Å². The van der Waals surface area contributed by atoms with E-state index in [1.54, 1.807) is 12.1 Å². The molecule has 19 heavy (non-hydrogen) atoms. The van der Waals surface area contributed by atoms with Crippen molar-refractivity contribution in [2.45, 2.75) is 6.42 Å². The maximum absolute atomic E-state index is 11.6. The molecule has 1 heterocycles. The van der Waals surface area contributed by atoms with E-state index in [4.69, 9.17) is 0 Å². The number of nitrogens with one attached hydrogen (secondary N) is 2. The molecule has 0 aliphatic carbocycles. The van der Waals surface area contributed by atoms with Crippen molar-refractivity contribution in [3.05, 3.63) is 35.4 Å². The highest BCUT2D eigenvalue weighted by Gasteiger charge is 2.24. The minimum atomic E-state index is -0.341. The molecule has 102 valence electrons. The third-order valence-electron chi connectivity index (χ3n) is 3.21. The van der Waals surface area contributed by atoms with Crippen molar-refractivity contribution in [3.8, 4) is 0 Å². The average molecular weight is 262 g/mol. The summed E-state index contributed by atoms with van der Waals surface area (Å²) in [7, 11) is 1.36. The lowest BCUT2D eigenvalue weighted by Crippen LogP contribution is -2.51. The Morgan fingerprint density at radius 3 is 2.84 bits per heavy atom. The Kier molecular flexibility index (Phi) is 4.52. The number of carbonyl (C=O) groups is 2. The van der Waals surface area contributed by atoms with Crippen LogP contribution in [0.2, 0.25) is 0 Å². The van der Waals surface area contributed by atoms with Gasteiger partial charge in [0.2, 0.25) is 5.91 Å². The number of carbonyl (C=O) groups excluding carboxylic acids is 2. The Hall–Kier alpha value is -1.88. The third-order valence-corrected chi connectivity index (χ3v) is 3.21. The Balaban J connectivity index is 1.82. The summed E-state index contributed by atoms with van der Waals surface area (Å²) in [6.45, 7) is 2.12. The number of benzene rings is 1. The maximum atomic E-state index is 11.6. The summed E-state index contributed by atoms with van der Waals surface area (Å²) in [5.41, 5.74) is 1.55. The van der Waals surface area contributed by atoms with Gasteiger partial charge in [0.05, 0.1) is 18.6 Å². The van der Waals surface area contributed by atoms with Crippen LogP contribution in [0.5, 0.6) is 0 Å². The van der Waals surface area contributed by atoms with Gasteiger partial charge in [0, 0.05) is 19.6 Å². The average Bonchev–Trinajstić information content (AvgIpc) is 2.36. The van der Waals surface area contributed by atoms with Crippen molar-refractivity contribution >= 4 is 11.9 Å². The van der Waals surface area contributed by atoms with E-state index in [-0.39, 0.29) is 17.8 Å². The Labute approximate surface area is 112 Å². The standard InChI is InChI=1S/C14H18N2O3/c1-19-14(18)11-4-2-3-10(7-11)5-6-16-13(17)12-8-15-9-12/h2-4,7,12,15H,5-6,8-9H2,1H3,(H,16,17). The second-order valence-corrected chi connectivity index (χ2v) is 4.59. The first-order valence-electron chi connectivity index (χ1n) is 6.36. The van der Waals surface area contributed by atoms with Crippen LogP contribution in [0.4, 0.5) is 0 Å². The molecule has 0 aromatic heterocycles. The van der Waals surface area contributed by atoms with Crippen molar-refractivity contribution < 1.29 is 14.3 Å². The van der Waals surface area contributed by atoms with E-state index in [9.17, 15) is 9.59 Å². The van der Waals surface area contributed by atoms with Crippen LogP contribution in [0.1, 0.15) is 15.9 Å². The predicted molar refractivity (Wildman–Crippen MR) is 70.9 cm³/mol. The number of hydrogen-bond acceptors (Lipinski definition) is 4.